The van der Waals surface area contributed by atoms with E-state index in [4.69, 9.17) is 0 Å². The minimum atomic E-state index is 0.00259. The predicted octanol–water partition coefficient (Wildman–Crippen LogP) is 12.0. The number of aromatic nitrogens is 2. The molecule has 0 saturated carbocycles. The highest BCUT2D eigenvalue weighted by atomic mass is 15.0. The SMILES string of the molecule is c1ccc(-c2ccc3c(c2)c2cc(-c4ccccc4)cc4c2n3B2c3c-4cccc3-n3c4cccc5c4c4c6c(cccc6cc2c43)-c2ccccc2-5)cc1. The smallest absolute Gasteiger partial charge is 0.333 e. The summed E-state index contributed by atoms with van der Waals surface area (Å²) < 4.78 is 5.32. The van der Waals surface area contributed by atoms with Crippen LogP contribution in [0.2, 0.25) is 0 Å². The summed E-state index contributed by atoms with van der Waals surface area (Å²) in [5.74, 6) is 0. The van der Waals surface area contributed by atoms with Gasteiger partial charge in [-0.05, 0) is 108 Å². The summed E-state index contributed by atoms with van der Waals surface area (Å²) in [5, 5.41) is 8.01. The second-order valence-corrected chi connectivity index (χ2v) is 15.6. The normalized spacial score (nSPS) is 13.1. The van der Waals surface area contributed by atoms with Gasteiger partial charge >= 0.3 is 6.85 Å². The molecule has 0 radical (unpaired) electrons. The molecule has 4 heterocycles. The summed E-state index contributed by atoms with van der Waals surface area (Å²) in [6.07, 6.45) is 0. The Morgan fingerprint density at radius 3 is 1.82 bits per heavy atom. The number of benzene rings is 9. The van der Waals surface area contributed by atoms with Crippen molar-refractivity contribution in [3.8, 4) is 61.3 Å². The molecule has 3 aliphatic rings. The maximum absolute atomic E-state index is 2.70. The van der Waals surface area contributed by atoms with Crippen LogP contribution in [0.1, 0.15) is 0 Å². The van der Waals surface area contributed by atoms with E-state index in [2.05, 4.69) is 185 Å². The molecule has 3 heteroatoms. The number of nitrogens with zero attached hydrogens (tertiary/aromatic N) is 2. The molecule has 0 unspecified atom stereocenters. The highest BCUT2D eigenvalue weighted by molar-refractivity contribution is 6.90. The molecule has 0 bridgehead atoms. The molecule has 0 fully saturated rings. The van der Waals surface area contributed by atoms with Crippen LogP contribution in [0.25, 0.3) is 116 Å². The maximum Gasteiger partial charge on any atom is 0.333 e. The van der Waals surface area contributed by atoms with Gasteiger partial charge < -0.3 is 9.05 Å². The second-order valence-electron chi connectivity index (χ2n) is 15.6. The Bertz CT molecular complexity index is 3530. The zero-order chi connectivity index (χ0) is 35.5. The molecule has 2 aliphatic heterocycles. The van der Waals surface area contributed by atoms with Crippen molar-refractivity contribution in [3.63, 3.8) is 0 Å². The van der Waals surface area contributed by atoms with Crippen LogP contribution in [-0.4, -0.2) is 15.9 Å². The third-order valence-corrected chi connectivity index (χ3v) is 13.0. The van der Waals surface area contributed by atoms with E-state index >= 15 is 0 Å². The Morgan fingerprint density at radius 1 is 0.364 bits per heavy atom. The Kier molecular flexibility index (Phi) is 5.12. The molecule has 9 aromatic carbocycles. The molecule has 0 amide bonds. The van der Waals surface area contributed by atoms with Gasteiger partial charge in [0.05, 0.1) is 11.0 Å². The first-order valence-corrected chi connectivity index (χ1v) is 19.3. The molecule has 0 atom stereocenters. The van der Waals surface area contributed by atoms with Crippen molar-refractivity contribution in [2.75, 3.05) is 0 Å². The van der Waals surface area contributed by atoms with E-state index in [9.17, 15) is 0 Å². The quantitative estimate of drug-likeness (QED) is 0.160. The van der Waals surface area contributed by atoms with E-state index in [1.165, 1.54) is 127 Å². The standard InChI is InChI=1S/C52H29BN2/c1-3-12-30(13-4-1)32-24-25-44-40(26-32)42-28-34(31-14-5-2-6-15-31)27-41-39-21-11-23-46-50(39)53(55(44)51(41)42)43-29-33-16-9-19-37-35-17-7-8-18-36(35)38-20-10-22-45-48(38)49(47(33)37)52(43)54(45)46/h1-29H. The van der Waals surface area contributed by atoms with Crippen LogP contribution >= 0.6 is 0 Å². The van der Waals surface area contributed by atoms with Crippen molar-refractivity contribution < 1.29 is 0 Å². The first-order valence-electron chi connectivity index (χ1n) is 19.3. The van der Waals surface area contributed by atoms with Crippen molar-refractivity contribution >= 4 is 72.2 Å². The van der Waals surface area contributed by atoms with E-state index < -0.39 is 0 Å². The largest absolute Gasteiger partial charge is 0.375 e. The number of hydrogen-bond donors (Lipinski definition) is 0. The van der Waals surface area contributed by atoms with Crippen LogP contribution in [0.3, 0.4) is 0 Å². The van der Waals surface area contributed by atoms with Gasteiger partial charge in [-0.2, -0.15) is 0 Å². The lowest BCUT2D eigenvalue weighted by Gasteiger charge is -2.34. The van der Waals surface area contributed by atoms with E-state index in [0.29, 0.717) is 0 Å². The Hall–Kier alpha value is -7.10. The molecular weight excluding hydrogens is 663 g/mol. The lowest BCUT2D eigenvalue weighted by molar-refractivity contribution is 1.18. The zero-order valence-corrected chi connectivity index (χ0v) is 29.7. The molecule has 1 aliphatic carbocycles. The molecule has 2 aromatic heterocycles. The summed E-state index contributed by atoms with van der Waals surface area (Å²) in [5.41, 5.74) is 22.1. The first-order chi connectivity index (χ1) is 27.3. The average Bonchev–Trinajstić information content (AvgIpc) is 3.73. The van der Waals surface area contributed by atoms with Crippen molar-refractivity contribution in [2.24, 2.45) is 0 Å². The zero-order valence-electron chi connectivity index (χ0n) is 29.7. The number of hydrogen-bond acceptors (Lipinski definition) is 0. The van der Waals surface area contributed by atoms with Crippen LogP contribution in [0.15, 0.2) is 176 Å². The van der Waals surface area contributed by atoms with Gasteiger partial charge in [-0.1, -0.05) is 140 Å². The minimum absolute atomic E-state index is 0.00259. The number of fused-ring (bicyclic) bond motifs is 11. The predicted molar refractivity (Wildman–Crippen MR) is 232 cm³/mol. The van der Waals surface area contributed by atoms with E-state index in [1.807, 2.05) is 0 Å². The molecule has 2 nitrogen and oxygen atoms in total. The Labute approximate surface area is 317 Å². The molecule has 250 valence electrons. The first kappa shape index (κ1) is 28.4. The van der Waals surface area contributed by atoms with Gasteiger partial charge in [0, 0.05) is 43.8 Å². The fourth-order valence-electron chi connectivity index (χ4n) is 10.9. The Morgan fingerprint density at radius 2 is 1.02 bits per heavy atom. The molecule has 0 N–H and O–H groups in total. The topological polar surface area (TPSA) is 9.86 Å². The van der Waals surface area contributed by atoms with Crippen LogP contribution in [0, 0.1) is 0 Å². The van der Waals surface area contributed by atoms with Crippen molar-refractivity contribution in [3.05, 3.63) is 176 Å². The summed E-state index contributed by atoms with van der Waals surface area (Å²) >= 11 is 0. The monoisotopic (exact) mass is 692 g/mol. The highest BCUT2D eigenvalue weighted by Crippen LogP contribution is 2.51. The number of rotatable bonds is 2. The van der Waals surface area contributed by atoms with Gasteiger partial charge in [0.15, 0.2) is 0 Å². The molecule has 0 saturated heterocycles. The lowest BCUT2D eigenvalue weighted by atomic mass is 9.45. The van der Waals surface area contributed by atoms with E-state index in [1.54, 1.807) is 0 Å². The molecule has 55 heavy (non-hydrogen) atoms. The highest BCUT2D eigenvalue weighted by Gasteiger charge is 2.42. The van der Waals surface area contributed by atoms with Crippen LogP contribution in [0.4, 0.5) is 0 Å². The van der Waals surface area contributed by atoms with Crippen molar-refractivity contribution in [2.45, 2.75) is 0 Å². The third kappa shape index (κ3) is 3.40. The maximum atomic E-state index is 2.70. The molecule has 11 aromatic rings. The van der Waals surface area contributed by atoms with Gasteiger partial charge in [0.25, 0.3) is 0 Å². The van der Waals surface area contributed by atoms with Crippen LogP contribution in [0.5, 0.6) is 0 Å². The van der Waals surface area contributed by atoms with Gasteiger partial charge in [0.1, 0.15) is 0 Å². The van der Waals surface area contributed by atoms with Crippen LogP contribution in [-0.2, 0) is 0 Å². The van der Waals surface area contributed by atoms with E-state index in [0.717, 1.165) is 0 Å². The van der Waals surface area contributed by atoms with Gasteiger partial charge in [-0.25, -0.2) is 0 Å². The van der Waals surface area contributed by atoms with Gasteiger partial charge in [-0.3, -0.25) is 0 Å². The lowest BCUT2D eigenvalue weighted by Crippen LogP contribution is -2.55. The molecule has 0 spiro atoms. The summed E-state index contributed by atoms with van der Waals surface area (Å²) in [6.45, 7) is 0.00259. The van der Waals surface area contributed by atoms with Crippen molar-refractivity contribution in [1.82, 2.24) is 9.05 Å². The minimum Gasteiger partial charge on any atom is -0.375 e. The van der Waals surface area contributed by atoms with Gasteiger partial charge in [0.2, 0.25) is 0 Å². The third-order valence-electron chi connectivity index (χ3n) is 13.0. The summed E-state index contributed by atoms with van der Waals surface area (Å²) in [4.78, 5) is 0. The molecule has 14 rings (SSSR count). The fraction of sp³-hybridized carbons (Fsp3) is 0. The van der Waals surface area contributed by atoms with Gasteiger partial charge in [-0.15, -0.1) is 0 Å². The summed E-state index contributed by atoms with van der Waals surface area (Å²) in [7, 11) is 0. The molecular formula is C52H29BN2. The van der Waals surface area contributed by atoms with Crippen LogP contribution < -0.4 is 10.9 Å². The Balaban J connectivity index is 1.19. The van der Waals surface area contributed by atoms with E-state index in [-0.39, 0.29) is 6.85 Å². The average molecular weight is 693 g/mol. The van der Waals surface area contributed by atoms with Crippen molar-refractivity contribution in [1.29, 1.82) is 0 Å². The second kappa shape index (κ2) is 9.90. The summed E-state index contributed by atoms with van der Waals surface area (Å²) in [6, 6.07) is 66.3. The fourth-order valence-corrected chi connectivity index (χ4v) is 10.9.